The van der Waals surface area contributed by atoms with E-state index in [1.54, 1.807) is 6.92 Å². The Hall–Kier alpha value is -2.22. The molecule has 0 unspecified atom stereocenters. The minimum Gasteiger partial charge on any atom is -0.272 e. The molecule has 0 spiro atoms. The smallest absolute Gasteiger partial charge is 0.255 e. The van der Waals surface area contributed by atoms with E-state index in [4.69, 9.17) is 11.6 Å². The van der Waals surface area contributed by atoms with Crippen LogP contribution in [-0.2, 0) is 14.8 Å². The molecule has 0 aliphatic carbocycles. The van der Waals surface area contributed by atoms with Crippen molar-refractivity contribution < 1.29 is 13.2 Å². The Morgan fingerprint density at radius 2 is 1.72 bits per heavy atom. The van der Waals surface area contributed by atoms with E-state index in [-0.39, 0.29) is 11.4 Å². The van der Waals surface area contributed by atoms with E-state index < -0.39 is 15.9 Å². The summed E-state index contributed by atoms with van der Waals surface area (Å²) in [7, 11) is -2.45. The second-order valence-electron chi connectivity index (χ2n) is 5.31. The van der Waals surface area contributed by atoms with Crippen molar-refractivity contribution in [3.8, 4) is 0 Å². The molecule has 1 amide bonds. The number of nitrogens with zero attached hydrogens (tertiary/aromatic N) is 2. The number of hydrazone groups is 1. The van der Waals surface area contributed by atoms with E-state index in [0.717, 1.165) is 9.87 Å². The number of nitrogens with one attached hydrogen (secondary N) is 1. The van der Waals surface area contributed by atoms with Crippen LogP contribution in [0.25, 0.3) is 0 Å². The fourth-order valence-corrected chi connectivity index (χ4v) is 3.25. The van der Waals surface area contributed by atoms with Gasteiger partial charge in [-0.25, -0.2) is 13.8 Å². The van der Waals surface area contributed by atoms with Crippen LogP contribution in [0.2, 0.25) is 5.02 Å². The molecule has 0 aromatic heterocycles. The monoisotopic (exact) mass is 379 g/mol. The van der Waals surface area contributed by atoms with Gasteiger partial charge in [-0.05, 0) is 36.8 Å². The zero-order chi connectivity index (χ0) is 18.4. The highest BCUT2D eigenvalue weighted by Gasteiger charge is 2.22. The zero-order valence-electron chi connectivity index (χ0n) is 13.8. The fourth-order valence-electron chi connectivity index (χ4n) is 2.00. The summed E-state index contributed by atoms with van der Waals surface area (Å²) in [6.07, 6.45) is 0. The topological polar surface area (TPSA) is 78.8 Å². The van der Waals surface area contributed by atoms with Crippen molar-refractivity contribution in [2.75, 3.05) is 13.6 Å². The van der Waals surface area contributed by atoms with Crippen LogP contribution in [0.3, 0.4) is 0 Å². The van der Waals surface area contributed by atoms with Gasteiger partial charge in [0, 0.05) is 12.1 Å². The highest BCUT2D eigenvalue weighted by molar-refractivity contribution is 7.89. The lowest BCUT2D eigenvalue weighted by Gasteiger charge is -2.16. The number of hydrogen-bond acceptors (Lipinski definition) is 4. The highest BCUT2D eigenvalue weighted by atomic mass is 35.5. The number of sulfonamides is 1. The number of carbonyl (C=O) groups is 1. The first-order valence-corrected chi connectivity index (χ1v) is 9.23. The molecule has 0 aliphatic heterocycles. The Morgan fingerprint density at radius 3 is 2.32 bits per heavy atom. The van der Waals surface area contributed by atoms with E-state index in [0.29, 0.717) is 10.7 Å². The number of rotatable bonds is 6. The predicted molar refractivity (Wildman–Crippen MR) is 98.1 cm³/mol. The van der Waals surface area contributed by atoms with Crippen LogP contribution in [-0.4, -0.2) is 37.9 Å². The summed E-state index contributed by atoms with van der Waals surface area (Å²) in [5.41, 5.74) is 3.85. The van der Waals surface area contributed by atoms with Crippen molar-refractivity contribution in [3.05, 3.63) is 65.2 Å². The molecule has 0 saturated carbocycles. The molecule has 0 saturated heterocycles. The maximum absolute atomic E-state index is 12.4. The fraction of sp³-hybridized carbons (Fsp3) is 0.176. The van der Waals surface area contributed by atoms with Gasteiger partial charge in [-0.15, -0.1) is 0 Å². The molecule has 8 heteroatoms. The summed E-state index contributed by atoms with van der Waals surface area (Å²) in [6, 6.07) is 15.1. The van der Waals surface area contributed by atoms with Crippen molar-refractivity contribution in [2.45, 2.75) is 11.8 Å². The predicted octanol–water partition coefficient (Wildman–Crippen LogP) is 2.50. The van der Waals surface area contributed by atoms with E-state index in [9.17, 15) is 13.2 Å². The second kappa shape index (κ2) is 8.24. The van der Waals surface area contributed by atoms with Gasteiger partial charge < -0.3 is 0 Å². The third-order valence-corrected chi connectivity index (χ3v) is 5.50. The summed E-state index contributed by atoms with van der Waals surface area (Å²) in [4.78, 5) is 12.0. The number of likely N-dealkylation sites (N-methyl/N-ethyl adjacent to an activating group) is 1. The third-order valence-electron chi connectivity index (χ3n) is 3.43. The minimum atomic E-state index is -3.78. The molecular weight excluding hydrogens is 362 g/mol. The van der Waals surface area contributed by atoms with Crippen molar-refractivity contribution in [1.29, 1.82) is 0 Å². The van der Waals surface area contributed by atoms with Crippen LogP contribution in [0, 0.1) is 0 Å². The van der Waals surface area contributed by atoms with Gasteiger partial charge in [-0.2, -0.15) is 9.41 Å². The van der Waals surface area contributed by atoms with Crippen LogP contribution >= 0.6 is 11.6 Å². The Balaban J connectivity index is 2.01. The molecule has 0 fully saturated rings. The Morgan fingerprint density at radius 1 is 1.12 bits per heavy atom. The summed E-state index contributed by atoms with van der Waals surface area (Å²) < 4.78 is 25.8. The second-order valence-corrected chi connectivity index (χ2v) is 7.79. The Kier molecular flexibility index (Phi) is 6.30. The SMILES string of the molecule is C/C(=N/NC(=O)CN(C)S(=O)(=O)c1ccc(Cl)cc1)c1ccccc1. The molecular formula is C17H18ClN3O3S. The first-order valence-electron chi connectivity index (χ1n) is 7.41. The molecule has 0 aliphatic rings. The van der Waals surface area contributed by atoms with E-state index in [1.807, 2.05) is 30.3 Å². The number of hydrogen-bond donors (Lipinski definition) is 1. The first-order chi connectivity index (χ1) is 11.8. The first kappa shape index (κ1) is 19.1. The quantitative estimate of drug-likeness (QED) is 0.618. The average molecular weight is 380 g/mol. The number of halogens is 1. The van der Waals surface area contributed by atoms with Crippen LogP contribution in [0.5, 0.6) is 0 Å². The van der Waals surface area contributed by atoms with Crippen molar-refractivity contribution >= 4 is 33.2 Å². The number of amides is 1. The van der Waals surface area contributed by atoms with Gasteiger partial charge >= 0.3 is 0 Å². The average Bonchev–Trinajstić information content (AvgIpc) is 2.60. The third kappa shape index (κ3) is 5.12. The van der Waals surface area contributed by atoms with Crippen LogP contribution in [0.1, 0.15) is 12.5 Å². The summed E-state index contributed by atoms with van der Waals surface area (Å²) >= 11 is 5.76. The molecule has 132 valence electrons. The Bertz CT molecular complexity index is 866. The van der Waals surface area contributed by atoms with Gasteiger partial charge in [0.1, 0.15) is 0 Å². The lowest BCUT2D eigenvalue weighted by atomic mass is 10.1. The summed E-state index contributed by atoms with van der Waals surface area (Å²) in [6.45, 7) is 1.40. The molecule has 2 aromatic rings. The largest absolute Gasteiger partial charge is 0.272 e. The maximum Gasteiger partial charge on any atom is 0.255 e. The summed E-state index contributed by atoms with van der Waals surface area (Å²) in [5, 5.41) is 4.43. The van der Waals surface area contributed by atoms with Crippen LogP contribution in [0.15, 0.2) is 64.6 Å². The van der Waals surface area contributed by atoms with Gasteiger partial charge in [-0.1, -0.05) is 41.9 Å². The molecule has 0 radical (unpaired) electrons. The van der Waals surface area contributed by atoms with Gasteiger partial charge in [0.25, 0.3) is 5.91 Å². The lowest BCUT2D eigenvalue weighted by molar-refractivity contribution is -0.121. The molecule has 1 N–H and O–H groups in total. The van der Waals surface area contributed by atoms with Crippen LogP contribution in [0.4, 0.5) is 0 Å². The Labute approximate surface area is 152 Å². The van der Waals surface area contributed by atoms with Gasteiger partial charge in [0.15, 0.2) is 0 Å². The number of carbonyl (C=O) groups excluding carboxylic acids is 1. The zero-order valence-corrected chi connectivity index (χ0v) is 15.4. The highest BCUT2D eigenvalue weighted by Crippen LogP contribution is 2.17. The van der Waals surface area contributed by atoms with Crippen molar-refractivity contribution in [2.24, 2.45) is 5.10 Å². The molecule has 0 heterocycles. The molecule has 0 atom stereocenters. The van der Waals surface area contributed by atoms with Crippen LogP contribution < -0.4 is 5.43 Å². The summed E-state index contributed by atoms with van der Waals surface area (Å²) in [5.74, 6) is -0.532. The van der Waals surface area contributed by atoms with Gasteiger partial charge in [-0.3, -0.25) is 4.79 Å². The standard InChI is InChI=1S/C17H18ClN3O3S/c1-13(14-6-4-3-5-7-14)19-20-17(22)12-21(2)25(23,24)16-10-8-15(18)9-11-16/h3-11H,12H2,1-2H3,(H,20,22)/b19-13-. The molecule has 2 aromatic carbocycles. The van der Waals surface area contributed by atoms with E-state index in [2.05, 4.69) is 10.5 Å². The maximum atomic E-state index is 12.4. The molecule has 0 bridgehead atoms. The molecule has 6 nitrogen and oxygen atoms in total. The lowest BCUT2D eigenvalue weighted by Crippen LogP contribution is -2.36. The van der Waals surface area contributed by atoms with E-state index >= 15 is 0 Å². The minimum absolute atomic E-state index is 0.0659. The van der Waals surface area contributed by atoms with Gasteiger partial charge in [0.05, 0.1) is 17.2 Å². The van der Waals surface area contributed by atoms with Crippen molar-refractivity contribution in [1.82, 2.24) is 9.73 Å². The number of benzene rings is 2. The molecule has 2 rings (SSSR count). The van der Waals surface area contributed by atoms with Gasteiger partial charge in [0.2, 0.25) is 10.0 Å². The van der Waals surface area contributed by atoms with E-state index in [1.165, 1.54) is 31.3 Å². The molecule has 25 heavy (non-hydrogen) atoms. The normalized spacial score (nSPS) is 12.2. The van der Waals surface area contributed by atoms with Crippen molar-refractivity contribution in [3.63, 3.8) is 0 Å².